The van der Waals surface area contributed by atoms with Crippen LogP contribution in [0.3, 0.4) is 0 Å². The fourth-order valence-electron chi connectivity index (χ4n) is 1.35. The molecule has 2 aromatic heterocycles. The lowest BCUT2D eigenvalue weighted by Crippen LogP contribution is -2.23. The van der Waals surface area contributed by atoms with Crippen molar-refractivity contribution in [2.45, 2.75) is 13.5 Å². The van der Waals surface area contributed by atoms with Gasteiger partial charge in [0.05, 0.1) is 12.1 Å². The SMILES string of the molecule is CNc1ccc(C(=O)NCc2noc(C)n2)cn1. The highest BCUT2D eigenvalue weighted by atomic mass is 16.5. The Morgan fingerprint density at radius 3 is 2.83 bits per heavy atom. The quantitative estimate of drug-likeness (QED) is 0.828. The maximum Gasteiger partial charge on any atom is 0.253 e. The van der Waals surface area contributed by atoms with E-state index in [1.807, 2.05) is 0 Å². The van der Waals surface area contributed by atoms with E-state index in [4.69, 9.17) is 4.52 Å². The highest BCUT2D eigenvalue weighted by molar-refractivity contribution is 5.93. The molecular formula is C11H13N5O2. The zero-order valence-electron chi connectivity index (χ0n) is 10.1. The van der Waals surface area contributed by atoms with E-state index in [1.165, 1.54) is 6.20 Å². The van der Waals surface area contributed by atoms with Crippen LogP contribution in [0.4, 0.5) is 5.82 Å². The summed E-state index contributed by atoms with van der Waals surface area (Å²) in [5.41, 5.74) is 0.481. The van der Waals surface area contributed by atoms with Crippen LogP contribution in [0.5, 0.6) is 0 Å². The smallest absolute Gasteiger partial charge is 0.253 e. The van der Waals surface area contributed by atoms with E-state index in [0.29, 0.717) is 23.1 Å². The average molecular weight is 247 g/mol. The Bertz CT molecular complexity index is 535. The maximum atomic E-state index is 11.8. The second-order valence-electron chi connectivity index (χ2n) is 3.59. The van der Waals surface area contributed by atoms with Gasteiger partial charge in [-0.2, -0.15) is 4.98 Å². The molecule has 0 aliphatic rings. The topological polar surface area (TPSA) is 92.9 Å². The fourth-order valence-corrected chi connectivity index (χ4v) is 1.35. The molecule has 7 heteroatoms. The average Bonchev–Trinajstić information content (AvgIpc) is 2.82. The van der Waals surface area contributed by atoms with Gasteiger partial charge in [-0.1, -0.05) is 5.16 Å². The van der Waals surface area contributed by atoms with Gasteiger partial charge in [0.15, 0.2) is 5.82 Å². The van der Waals surface area contributed by atoms with Crippen molar-refractivity contribution >= 4 is 11.7 Å². The lowest BCUT2D eigenvalue weighted by Gasteiger charge is -2.03. The molecule has 94 valence electrons. The minimum atomic E-state index is -0.229. The number of pyridine rings is 1. The minimum Gasteiger partial charge on any atom is -0.373 e. The van der Waals surface area contributed by atoms with Gasteiger partial charge < -0.3 is 15.2 Å². The molecule has 0 bridgehead atoms. The summed E-state index contributed by atoms with van der Waals surface area (Å²) in [4.78, 5) is 19.8. The van der Waals surface area contributed by atoms with Gasteiger partial charge in [0.1, 0.15) is 5.82 Å². The number of nitrogens with zero attached hydrogens (tertiary/aromatic N) is 3. The Kier molecular flexibility index (Phi) is 3.52. The van der Waals surface area contributed by atoms with Crippen molar-refractivity contribution in [3.8, 4) is 0 Å². The van der Waals surface area contributed by atoms with Crippen molar-refractivity contribution in [2.75, 3.05) is 12.4 Å². The van der Waals surface area contributed by atoms with Crippen molar-refractivity contribution in [3.63, 3.8) is 0 Å². The molecule has 1 amide bonds. The Hall–Kier alpha value is -2.44. The van der Waals surface area contributed by atoms with Crippen LogP contribution in [0.15, 0.2) is 22.9 Å². The first-order valence-corrected chi connectivity index (χ1v) is 5.40. The monoisotopic (exact) mass is 247 g/mol. The van der Waals surface area contributed by atoms with Gasteiger partial charge in [0.25, 0.3) is 5.91 Å². The van der Waals surface area contributed by atoms with Gasteiger partial charge in [-0.25, -0.2) is 4.98 Å². The summed E-state index contributed by atoms with van der Waals surface area (Å²) < 4.78 is 4.80. The molecule has 0 saturated heterocycles. The summed E-state index contributed by atoms with van der Waals surface area (Å²) in [7, 11) is 1.76. The van der Waals surface area contributed by atoms with Gasteiger partial charge in [0.2, 0.25) is 5.89 Å². The van der Waals surface area contributed by atoms with Gasteiger partial charge in [-0.15, -0.1) is 0 Å². The third-order valence-electron chi connectivity index (χ3n) is 2.26. The second-order valence-corrected chi connectivity index (χ2v) is 3.59. The molecule has 2 N–H and O–H groups in total. The van der Waals surface area contributed by atoms with Crippen molar-refractivity contribution < 1.29 is 9.32 Å². The first-order valence-electron chi connectivity index (χ1n) is 5.40. The Morgan fingerprint density at radius 1 is 1.44 bits per heavy atom. The summed E-state index contributed by atoms with van der Waals surface area (Å²) >= 11 is 0. The number of amides is 1. The lowest BCUT2D eigenvalue weighted by atomic mass is 10.2. The maximum absolute atomic E-state index is 11.8. The summed E-state index contributed by atoms with van der Waals surface area (Å²) in [6.07, 6.45) is 1.50. The molecule has 0 saturated carbocycles. The van der Waals surface area contributed by atoms with Crippen molar-refractivity contribution in [1.82, 2.24) is 20.4 Å². The molecule has 7 nitrogen and oxygen atoms in total. The van der Waals surface area contributed by atoms with E-state index < -0.39 is 0 Å². The number of nitrogens with one attached hydrogen (secondary N) is 2. The molecule has 2 aromatic rings. The van der Waals surface area contributed by atoms with Gasteiger partial charge in [0, 0.05) is 20.2 Å². The highest BCUT2D eigenvalue weighted by Gasteiger charge is 2.08. The van der Waals surface area contributed by atoms with E-state index in [2.05, 4.69) is 25.8 Å². The van der Waals surface area contributed by atoms with Crippen molar-refractivity contribution in [3.05, 3.63) is 35.6 Å². The zero-order valence-corrected chi connectivity index (χ0v) is 10.1. The molecule has 2 rings (SSSR count). The molecule has 0 fully saturated rings. The summed E-state index contributed by atoms with van der Waals surface area (Å²) in [6, 6.07) is 3.42. The van der Waals surface area contributed by atoms with Gasteiger partial charge in [-0.05, 0) is 12.1 Å². The van der Waals surface area contributed by atoms with Gasteiger partial charge >= 0.3 is 0 Å². The van der Waals surface area contributed by atoms with Gasteiger partial charge in [-0.3, -0.25) is 4.79 Å². The normalized spacial score (nSPS) is 10.1. The number of hydrogen-bond donors (Lipinski definition) is 2. The summed E-state index contributed by atoms with van der Waals surface area (Å²) in [5.74, 6) is 1.40. The first kappa shape index (κ1) is 12.0. The van der Waals surface area contributed by atoms with E-state index >= 15 is 0 Å². The van der Waals surface area contributed by atoms with E-state index in [9.17, 15) is 4.79 Å². The third kappa shape index (κ3) is 2.82. The van der Waals surface area contributed by atoms with Crippen LogP contribution in [0, 0.1) is 6.92 Å². The lowest BCUT2D eigenvalue weighted by molar-refractivity contribution is 0.0949. The number of aromatic nitrogens is 3. The summed E-state index contributed by atoms with van der Waals surface area (Å²) in [5, 5.41) is 9.24. The molecular weight excluding hydrogens is 234 g/mol. The Morgan fingerprint density at radius 2 is 2.28 bits per heavy atom. The molecule has 0 aromatic carbocycles. The van der Waals surface area contributed by atoms with E-state index in [-0.39, 0.29) is 12.5 Å². The molecule has 0 atom stereocenters. The number of hydrogen-bond acceptors (Lipinski definition) is 6. The molecule has 0 aliphatic carbocycles. The molecule has 0 radical (unpaired) electrons. The van der Waals surface area contributed by atoms with Crippen LogP contribution < -0.4 is 10.6 Å². The van der Waals surface area contributed by atoms with Crippen LogP contribution in [0.2, 0.25) is 0 Å². The van der Waals surface area contributed by atoms with Crippen LogP contribution in [-0.2, 0) is 6.54 Å². The van der Waals surface area contributed by atoms with Crippen LogP contribution in [0.25, 0.3) is 0 Å². The van der Waals surface area contributed by atoms with Crippen LogP contribution >= 0.6 is 0 Å². The van der Waals surface area contributed by atoms with Crippen molar-refractivity contribution in [2.24, 2.45) is 0 Å². The predicted octanol–water partition coefficient (Wildman–Crippen LogP) is 0.745. The largest absolute Gasteiger partial charge is 0.373 e. The van der Waals surface area contributed by atoms with E-state index in [0.717, 1.165) is 0 Å². The number of carbonyl (C=O) groups is 1. The van der Waals surface area contributed by atoms with Crippen LogP contribution in [0.1, 0.15) is 22.1 Å². The second kappa shape index (κ2) is 5.26. The standard InChI is InChI=1S/C11H13N5O2/c1-7-15-10(16-18-7)6-14-11(17)8-3-4-9(12-2)13-5-8/h3-5H,6H2,1-2H3,(H,12,13)(H,14,17). The molecule has 2 heterocycles. The third-order valence-corrected chi connectivity index (χ3v) is 2.26. The number of carbonyl (C=O) groups excluding carboxylic acids is 1. The minimum absolute atomic E-state index is 0.226. The van der Waals surface area contributed by atoms with E-state index in [1.54, 1.807) is 26.1 Å². The Labute approximate surface area is 104 Å². The number of rotatable bonds is 4. The molecule has 0 spiro atoms. The molecule has 18 heavy (non-hydrogen) atoms. The highest BCUT2D eigenvalue weighted by Crippen LogP contribution is 2.04. The number of anilines is 1. The predicted molar refractivity (Wildman–Crippen MR) is 64.0 cm³/mol. The Balaban J connectivity index is 1.94. The van der Waals surface area contributed by atoms with Crippen molar-refractivity contribution in [1.29, 1.82) is 0 Å². The number of aryl methyl sites for hydroxylation is 1. The summed E-state index contributed by atoms with van der Waals surface area (Å²) in [6.45, 7) is 1.92. The zero-order chi connectivity index (χ0) is 13.0. The fraction of sp³-hybridized carbons (Fsp3) is 0.273. The van der Waals surface area contributed by atoms with Crippen LogP contribution in [-0.4, -0.2) is 28.1 Å². The molecule has 0 aliphatic heterocycles. The first-order chi connectivity index (χ1) is 8.69. The molecule has 0 unspecified atom stereocenters.